The number of aromatic nitrogens is 2. The molecule has 0 aliphatic carbocycles. The first-order valence-corrected chi connectivity index (χ1v) is 9.88. The Bertz CT molecular complexity index is 977. The first-order valence-electron chi connectivity index (χ1n) is 9.88. The van der Waals surface area contributed by atoms with Crippen LogP contribution >= 0.6 is 0 Å². The third-order valence-corrected chi connectivity index (χ3v) is 5.14. The predicted octanol–water partition coefficient (Wildman–Crippen LogP) is 4.06. The Morgan fingerprint density at radius 1 is 0.966 bits per heavy atom. The summed E-state index contributed by atoms with van der Waals surface area (Å²) in [6.07, 6.45) is 2.44. The van der Waals surface area contributed by atoms with Crippen molar-refractivity contribution in [2.75, 3.05) is 42.3 Å². The molecule has 4 rings (SSSR count). The van der Waals surface area contributed by atoms with Crippen LogP contribution in [0.1, 0.15) is 23.2 Å². The highest BCUT2D eigenvalue weighted by atomic mass is 16.1. The zero-order chi connectivity index (χ0) is 20.2. The molecule has 1 aliphatic rings. The standard InChI is InChI=1S/C23H25N5O/c1-27(2)20-7-5-6-18(16-20)23(29)24-19-10-8-17(9-11-19)21-12-13-22(26-25-21)28-14-3-4-15-28/h5-13,16H,3-4,14-15H2,1-2H3,(H,24,29). The molecule has 0 unspecified atom stereocenters. The minimum Gasteiger partial charge on any atom is -0.378 e. The Morgan fingerprint density at radius 2 is 1.72 bits per heavy atom. The molecule has 2 aromatic carbocycles. The molecular weight excluding hydrogens is 362 g/mol. The zero-order valence-electron chi connectivity index (χ0n) is 16.8. The molecule has 3 aromatic rings. The lowest BCUT2D eigenvalue weighted by Crippen LogP contribution is -2.19. The van der Waals surface area contributed by atoms with Crippen LogP contribution in [0.3, 0.4) is 0 Å². The molecule has 0 radical (unpaired) electrons. The van der Waals surface area contributed by atoms with E-state index in [9.17, 15) is 4.79 Å². The van der Waals surface area contributed by atoms with Gasteiger partial charge in [-0.3, -0.25) is 4.79 Å². The largest absolute Gasteiger partial charge is 0.378 e. The van der Waals surface area contributed by atoms with Gasteiger partial charge in [0.15, 0.2) is 5.82 Å². The topological polar surface area (TPSA) is 61.4 Å². The van der Waals surface area contributed by atoms with Crippen molar-refractivity contribution < 1.29 is 4.79 Å². The lowest BCUT2D eigenvalue weighted by Gasteiger charge is -2.15. The summed E-state index contributed by atoms with van der Waals surface area (Å²) in [6.45, 7) is 2.11. The van der Waals surface area contributed by atoms with Gasteiger partial charge in [0.1, 0.15) is 0 Å². The van der Waals surface area contributed by atoms with Gasteiger partial charge in [-0.2, -0.15) is 0 Å². The van der Waals surface area contributed by atoms with E-state index in [1.54, 1.807) is 0 Å². The van der Waals surface area contributed by atoms with Crippen LogP contribution in [0.4, 0.5) is 17.2 Å². The Labute approximate surface area is 171 Å². The Hall–Kier alpha value is -3.41. The Kier molecular flexibility index (Phi) is 5.42. The van der Waals surface area contributed by atoms with E-state index < -0.39 is 0 Å². The van der Waals surface area contributed by atoms with Crippen LogP contribution in [0.2, 0.25) is 0 Å². The second-order valence-corrected chi connectivity index (χ2v) is 7.45. The molecule has 0 atom stereocenters. The van der Waals surface area contributed by atoms with E-state index in [4.69, 9.17) is 0 Å². The van der Waals surface area contributed by atoms with Crippen LogP contribution in [-0.4, -0.2) is 43.3 Å². The molecule has 1 N–H and O–H groups in total. The highest BCUT2D eigenvalue weighted by Crippen LogP contribution is 2.23. The Morgan fingerprint density at radius 3 is 2.38 bits per heavy atom. The molecule has 1 fully saturated rings. The lowest BCUT2D eigenvalue weighted by molar-refractivity contribution is 0.102. The summed E-state index contributed by atoms with van der Waals surface area (Å²) < 4.78 is 0. The van der Waals surface area contributed by atoms with Gasteiger partial charge in [0.05, 0.1) is 5.69 Å². The highest BCUT2D eigenvalue weighted by Gasteiger charge is 2.14. The molecule has 1 aromatic heterocycles. The maximum absolute atomic E-state index is 12.6. The normalized spacial score (nSPS) is 13.4. The van der Waals surface area contributed by atoms with Gasteiger partial charge in [0.2, 0.25) is 0 Å². The van der Waals surface area contributed by atoms with E-state index in [1.165, 1.54) is 12.8 Å². The number of hydrogen-bond acceptors (Lipinski definition) is 5. The number of hydrogen-bond donors (Lipinski definition) is 1. The number of carbonyl (C=O) groups excluding carboxylic acids is 1. The predicted molar refractivity (Wildman–Crippen MR) is 118 cm³/mol. The van der Waals surface area contributed by atoms with E-state index >= 15 is 0 Å². The van der Waals surface area contributed by atoms with Crippen molar-refractivity contribution in [3.05, 3.63) is 66.2 Å². The van der Waals surface area contributed by atoms with Crippen molar-refractivity contribution in [2.45, 2.75) is 12.8 Å². The van der Waals surface area contributed by atoms with Gasteiger partial charge in [-0.25, -0.2) is 0 Å². The molecule has 29 heavy (non-hydrogen) atoms. The summed E-state index contributed by atoms with van der Waals surface area (Å²) in [5.74, 6) is 0.811. The summed E-state index contributed by atoms with van der Waals surface area (Å²) in [5, 5.41) is 11.7. The van der Waals surface area contributed by atoms with Crippen molar-refractivity contribution in [1.82, 2.24) is 10.2 Å². The minimum atomic E-state index is -0.129. The maximum atomic E-state index is 12.6. The molecular formula is C23H25N5O. The van der Waals surface area contributed by atoms with Crippen molar-refractivity contribution in [2.24, 2.45) is 0 Å². The van der Waals surface area contributed by atoms with E-state index in [2.05, 4.69) is 20.4 Å². The molecule has 2 heterocycles. The van der Waals surface area contributed by atoms with Gasteiger partial charge in [0.25, 0.3) is 5.91 Å². The lowest BCUT2D eigenvalue weighted by atomic mass is 10.1. The van der Waals surface area contributed by atoms with E-state index in [1.807, 2.05) is 79.7 Å². The molecule has 0 bridgehead atoms. The molecule has 6 nitrogen and oxygen atoms in total. The van der Waals surface area contributed by atoms with Crippen LogP contribution in [-0.2, 0) is 0 Å². The number of carbonyl (C=O) groups is 1. The quantitative estimate of drug-likeness (QED) is 0.715. The van der Waals surface area contributed by atoms with E-state index in [0.717, 1.165) is 41.5 Å². The maximum Gasteiger partial charge on any atom is 0.255 e. The molecule has 0 spiro atoms. The fraction of sp³-hybridized carbons (Fsp3) is 0.261. The van der Waals surface area contributed by atoms with Crippen molar-refractivity contribution in [3.8, 4) is 11.3 Å². The second-order valence-electron chi connectivity index (χ2n) is 7.45. The van der Waals surface area contributed by atoms with Gasteiger partial charge in [-0.1, -0.05) is 18.2 Å². The molecule has 1 aliphatic heterocycles. The number of benzene rings is 2. The van der Waals surface area contributed by atoms with Crippen LogP contribution in [0.25, 0.3) is 11.3 Å². The van der Waals surface area contributed by atoms with Gasteiger partial charge >= 0.3 is 0 Å². The molecule has 0 saturated carbocycles. The smallest absolute Gasteiger partial charge is 0.255 e. The number of amides is 1. The van der Waals surface area contributed by atoms with E-state index in [-0.39, 0.29) is 5.91 Å². The molecule has 148 valence electrons. The molecule has 1 saturated heterocycles. The average Bonchev–Trinajstić information content (AvgIpc) is 3.29. The SMILES string of the molecule is CN(C)c1cccc(C(=O)Nc2ccc(-c3ccc(N4CCCC4)nn3)cc2)c1. The minimum absolute atomic E-state index is 0.129. The van der Waals surface area contributed by atoms with Gasteiger partial charge in [-0.05, 0) is 55.3 Å². The van der Waals surface area contributed by atoms with Gasteiger partial charge in [-0.15, -0.1) is 10.2 Å². The van der Waals surface area contributed by atoms with Crippen LogP contribution in [0.15, 0.2) is 60.7 Å². The average molecular weight is 387 g/mol. The van der Waals surface area contributed by atoms with Crippen molar-refractivity contribution in [1.29, 1.82) is 0 Å². The first-order chi connectivity index (χ1) is 14.1. The third kappa shape index (κ3) is 4.37. The number of rotatable bonds is 5. The summed E-state index contributed by atoms with van der Waals surface area (Å²) >= 11 is 0. The Balaban J connectivity index is 1.43. The highest BCUT2D eigenvalue weighted by molar-refractivity contribution is 6.04. The van der Waals surface area contributed by atoms with Crippen molar-refractivity contribution in [3.63, 3.8) is 0 Å². The zero-order valence-corrected chi connectivity index (χ0v) is 16.8. The summed E-state index contributed by atoms with van der Waals surface area (Å²) in [4.78, 5) is 16.8. The fourth-order valence-electron chi connectivity index (χ4n) is 3.45. The van der Waals surface area contributed by atoms with E-state index in [0.29, 0.717) is 5.56 Å². The number of anilines is 3. The third-order valence-electron chi connectivity index (χ3n) is 5.14. The van der Waals surface area contributed by atoms with Gasteiger partial charge < -0.3 is 15.1 Å². The fourth-order valence-corrected chi connectivity index (χ4v) is 3.45. The summed E-state index contributed by atoms with van der Waals surface area (Å²) in [6, 6.07) is 19.3. The van der Waals surface area contributed by atoms with Crippen LogP contribution in [0, 0.1) is 0 Å². The number of nitrogens with zero attached hydrogens (tertiary/aromatic N) is 4. The summed E-state index contributed by atoms with van der Waals surface area (Å²) in [7, 11) is 3.91. The second kappa shape index (κ2) is 8.31. The van der Waals surface area contributed by atoms with Gasteiger partial charge in [0, 0.05) is 49.7 Å². The first kappa shape index (κ1) is 18.9. The molecule has 6 heteroatoms. The molecule has 1 amide bonds. The monoisotopic (exact) mass is 387 g/mol. The number of nitrogens with one attached hydrogen (secondary N) is 1. The summed E-state index contributed by atoms with van der Waals surface area (Å²) in [5.41, 5.74) is 4.16. The van der Waals surface area contributed by atoms with Crippen LogP contribution < -0.4 is 15.1 Å². The van der Waals surface area contributed by atoms with Crippen LogP contribution in [0.5, 0.6) is 0 Å². The van der Waals surface area contributed by atoms with Crippen molar-refractivity contribution >= 4 is 23.1 Å².